The molecule has 2 fully saturated rings. The van der Waals surface area contributed by atoms with E-state index >= 15 is 0 Å². The maximum atomic E-state index is 5.84. The van der Waals surface area contributed by atoms with Crippen LogP contribution in [-0.4, -0.2) is 30.3 Å². The van der Waals surface area contributed by atoms with Gasteiger partial charge in [-0.2, -0.15) is 0 Å². The summed E-state index contributed by atoms with van der Waals surface area (Å²) in [5.41, 5.74) is 2.30. The molecule has 17 heavy (non-hydrogen) atoms. The van der Waals surface area contributed by atoms with E-state index in [1.165, 1.54) is 18.4 Å². The molecular formula is C13H17ClN2O. The first-order valence-corrected chi connectivity index (χ1v) is 6.71. The number of alkyl halides is 1. The first kappa shape index (κ1) is 11.3. The lowest BCUT2D eigenvalue weighted by atomic mass is 10.2. The molecule has 2 unspecified atom stereocenters. The van der Waals surface area contributed by atoms with Gasteiger partial charge in [-0.25, -0.2) is 4.98 Å². The van der Waals surface area contributed by atoms with Crippen molar-refractivity contribution in [2.45, 2.75) is 37.9 Å². The number of fused-ring (bicyclic) bond motifs is 2. The van der Waals surface area contributed by atoms with Crippen molar-refractivity contribution in [3.05, 3.63) is 23.4 Å². The van der Waals surface area contributed by atoms with Crippen molar-refractivity contribution in [2.24, 2.45) is 0 Å². The summed E-state index contributed by atoms with van der Waals surface area (Å²) in [6.45, 7) is 4.06. The Hall–Kier alpha value is -0.800. The van der Waals surface area contributed by atoms with E-state index in [0.29, 0.717) is 18.1 Å². The Morgan fingerprint density at radius 1 is 1.41 bits per heavy atom. The molecule has 0 N–H and O–H groups in total. The molecule has 0 amide bonds. The fourth-order valence-electron chi connectivity index (χ4n) is 2.82. The SMILES string of the molecule is Cc1cc(CCl)cnc1N1CC2CCC(C1)O2. The number of pyridine rings is 1. The van der Waals surface area contributed by atoms with Crippen LogP contribution in [0.25, 0.3) is 0 Å². The summed E-state index contributed by atoms with van der Waals surface area (Å²) in [6, 6.07) is 2.13. The van der Waals surface area contributed by atoms with Gasteiger partial charge in [0.2, 0.25) is 0 Å². The number of rotatable bonds is 2. The Morgan fingerprint density at radius 3 is 2.71 bits per heavy atom. The van der Waals surface area contributed by atoms with Gasteiger partial charge in [0, 0.05) is 25.2 Å². The first-order chi connectivity index (χ1) is 8.26. The van der Waals surface area contributed by atoms with Crippen LogP contribution in [0.5, 0.6) is 0 Å². The molecule has 0 saturated carbocycles. The molecule has 0 aromatic carbocycles. The molecule has 1 aromatic heterocycles. The van der Waals surface area contributed by atoms with E-state index in [0.717, 1.165) is 24.5 Å². The average molecular weight is 253 g/mol. The van der Waals surface area contributed by atoms with E-state index in [1.807, 2.05) is 6.20 Å². The van der Waals surface area contributed by atoms with Crippen LogP contribution in [0.1, 0.15) is 24.0 Å². The summed E-state index contributed by atoms with van der Waals surface area (Å²) in [6.07, 6.45) is 5.08. The van der Waals surface area contributed by atoms with Crippen LogP contribution in [0.4, 0.5) is 5.82 Å². The molecule has 2 aliphatic heterocycles. The average Bonchev–Trinajstić information content (AvgIpc) is 2.68. The smallest absolute Gasteiger partial charge is 0.131 e. The molecule has 3 rings (SSSR count). The number of aromatic nitrogens is 1. The second kappa shape index (κ2) is 4.46. The molecule has 4 heteroatoms. The van der Waals surface area contributed by atoms with Crippen molar-refractivity contribution in [1.29, 1.82) is 0 Å². The molecule has 0 aliphatic carbocycles. The summed E-state index contributed by atoms with van der Waals surface area (Å²) in [5, 5.41) is 0. The highest BCUT2D eigenvalue weighted by atomic mass is 35.5. The number of halogens is 1. The lowest BCUT2D eigenvalue weighted by Crippen LogP contribution is -2.43. The Balaban J connectivity index is 1.84. The lowest BCUT2D eigenvalue weighted by molar-refractivity contribution is 0.0302. The van der Waals surface area contributed by atoms with Gasteiger partial charge in [-0.1, -0.05) is 0 Å². The van der Waals surface area contributed by atoms with Gasteiger partial charge in [0.25, 0.3) is 0 Å². The Bertz CT molecular complexity index is 412. The molecule has 2 saturated heterocycles. The maximum Gasteiger partial charge on any atom is 0.131 e. The normalized spacial score (nSPS) is 27.5. The first-order valence-electron chi connectivity index (χ1n) is 6.18. The van der Waals surface area contributed by atoms with Crippen LogP contribution in [0.3, 0.4) is 0 Å². The molecule has 2 atom stereocenters. The standard InChI is InChI=1S/C13H17ClN2O/c1-9-4-10(5-14)6-15-13(9)16-7-11-2-3-12(8-16)17-11/h4,6,11-12H,2-3,5,7-8H2,1H3. The molecule has 3 nitrogen and oxygen atoms in total. The fourth-order valence-corrected chi connectivity index (χ4v) is 2.96. The van der Waals surface area contributed by atoms with Crippen LogP contribution in [-0.2, 0) is 10.6 Å². The third kappa shape index (κ3) is 2.14. The Morgan fingerprint density at radius 2 is 2.12 bits per heavy atom. The van der Waals surface area contributed by atoms with E-state index in [9.17, 15) is 0 Å². The van der Waals surface area contributed by atoms with Gasteiger partial charge in [0.1, 0.15) is 5.82 Å². The topological polar surface area (TPSA) is 25.4 Å². The number of anilines is 1. The van der Waals surface area contributed by atoms with Gasteiger partial charge in [-0.05, 0) is 37.0 Å². The third-order valence-electron chi connectivity index (χ3n) is 3.60. The van der Waals surface area contributed by atoms with Crippen molar-refractivity contribution in [3.63, 3.8) is 0 Å². The van der Waals surface area contributed by atoms with Gasteiger partial charge in [-0.15, -0.1) is 11.6 Å². The van der Waals surface area contributed by atoms with Crippen molar-refractivity contribution in [3.8, 4) is 0 Å². The number of hydrogen-bond donors (Lipinski definition) is 0. The quantitative estimate of drug-likeness (QED) is 0.757. The minimum absolute atomic E-state index is 0.405. The van der Waals surface area contributed by atoms with E-state index in [4.69, 9.17) is 16.3 Å². The fraction of sp³-hybridized carbons (Fsp3) is 0.615. The minimum atomic E-state index is 0.405. The summed E-state index contributed by atoms with van der Waals surface area (Å²) in [5.74, 6) is 1.63. The maximum absolute atomic E-state index is 5.84. The second-order valence-corrected chi connectivity index (χ2v) is 5.25. The molecular weight excluding hydrogens is 236 g/mol. The van der Waals surface area contributed by atoms with Gasteiger partial charge in [0.05, 0.1) is 12.2 Å². The van der Waals surface area contributed by atoms with Crippen molar-refractivity contribution < 1.29 is 4.74 Å². The molecule has 0 radical (unpaired) electrons. The molecule has 3 heterocycles. The molecule has 1 aromatic rings. The second-order valence-electron chi connectivity index (χ2n) is 4.98. The van der Waals surface area contributed by atoms with Crippen LogP contribution in [0.15, 0.2) is 12.3 Å². The minimum Gasteiger partial charge on any atom is -0.371 e. The van der Waals surface area contributed by atoms with Crippen LogP contribution < -0.4 is 4.90 Å². The number of nitrogens with zero attached hydrogens (tertiary/aromatic N) is 2. The van der Waals surface area contributed by atoms with E-state index in [1.54, 1.807) is 0 Å². The zero-order valence-corrected chi connectivity index (χ0v) is 10.8. The van der Waals surface area contributed by atoms with Crippen LogP contribution in [0, 0.1) is 6.92 Å². The monoisotopic (exact) mass is 252 g/mol. The number of aryl methyl sites for hydroxylation is 1. The summed E-state index contributed by atoms with van der Waals surface area (Å²) in [7, 11) is 0. The van der Waals surface area contributed by atoms with Crippen LogP contribution in [0.2, 0.25) is 0 Å². The zero-order valence-electron chi connectivity index (χ0n) is 10.0. The predicted octanol–water partition coefficient (Wildman–Crippen LogP) is 2.50. The predicted molar refractivity (Wildman–Crippen MR) is 68.6 cm³/mol. The number of hydrogen-bond acceptors (Lipinski definition) is 3. The van der Waals surface area contributed by atoms with Crippen molar-refractivity contribution in [2.75, 3.05) is 18.0 Å². The van der Waals surface area contributed by atoms with E-state index in [2.05, 4.69) is 22.9 Å². The Labute approximate surface area is 107 Å². The van der Waals surface area contributed by atoms with Gasteiger partial charge < -0.3 is 9.64 Å². The molecule has 92 valence electrons. The number of ether oxygens (including phenoxy) is 1. The lowest BCUT2D eigenvalue weighted by Gasteiger charge is -2.33. The molecule has 2 aliphatic rings. The van der Waals surface area contributed by atoms with E-state index < -0.39 is 0 Å². The third-order valence-corrected chi connectivity index (χ3v) is 3.91. The highest BCUT2D eigenvalue weighted by Crippen LogP contribution is 2.30. The van der Waals surface area contributed by atoms with Gasteiger partial charge >= 0.3 is 0 Å². The summed E-state index contributed by atoms with van der Waals surface area (Å²) < 4.78 is 5.84. The van der Waals surface area contributed by atoms with Gasteiger partial charge in [0.15, 0.2) is 0 Å². The highest BCUT2D eigenvalue weighted by Gasteiger charge is 2.34. The summed E-state index contributed by atoms with van der Waals surface area (Å²) in [4.78, 5) is 6.92. The highest BCUT2D eigenvalue weighted by molar-refractivity contribution is 6.17. The van der Waals surface area contributed by atoms with Crippen molar-refractivity contribution >= 4 is 17.4 Å². The van der Waals surface area contributed by atoms with Crippen molar-refractivity contribution in [1.82, 2.24) is 4.98 Å². The zero-order chi connectivity index (χ0) is 11.8. The molecule has 2 bridgehead atoms. The largest absolute Gasteiger partial charge is 0.371 e. The molecule has 0 spiro atoms. The van der Waals surface area contributed by atoms with Gasteiger partial charge in [-0.3, -0.25) is 0 Å². The number of morpholine rings is 1. The summed E-state index contributed by atoms with van der Waals surface area (Å²) >= 11 is 5.82. The van der Waals surface area contributed by atoms with E-state index in [-0.39, 0.29) is 0 Å². The Kier molecular flexibility index (Phi) is 2.97. The van der Waals surface area contributed by atoms with Crippen LogP contribution >= 0.6 is 11.6 Å².